The Morgan fingerprint density at radius 2 is 2.16 bits per heavy atom. The Bertz CT molecular complexity index is 338. The third kappa shape index (κ3) is 4.01. The highest BCUT2D eigenvalue weighted by molar-refractivity contribution is 8.00. The van der Waals surface area contributed by atoms with E-state index in [2.05, 4.69) is 0 Å². The summed E-state index contributed by atoms with van der Waals surface area (Å²) < 4.78 is 0. The number of aliphatic carboxylic acids is 1. The Hall–Kier alpha value is -0.950. The molecule has 3 unspecified atom stereocenters. The molecule has 1 rings (SSSR count). The number of rotatable bonds is 5. The highest BCUT2D eigenvalue weighted by Gasteiger charge is 2.42. The van der Waals surface area contributed by atoms with Gasteiger partial charge in [-0.25, -0.2) is 9.59 Å². The minimum absolute atomic E-state index is 0.0879. The first kappa shape index (κ1) is 16.1. The van der Waals surface area contributed by atoms with E-state index in [1.54, 1.807) is 14.0 Å². The largest absolute Gasteiger partial charge is 0.480 e. The number of aliphatic hydroxyl groups excluding tert-OH is 1. The lowest BCUT2D eigenvalue weighted by Crippen LogP contribution is -2.51. The van der Waals surface area contributed by atoms with Gasteiger partial charge in [0.1, 0.15) is 6.04 Å². The number of amides is 2. The summed E-state index contributed by atoms with van der Waals surface area (Å²) in [4.78, 5) is 26.4. The van der Waals surface area contributed by atoms with E-state index in [1.807, 2.05) is 6.92 Å². The zero-order valence-corrected chi connectivity index (χ0v) is 12.4. The minimum Gasteiger partial charge on any atom is -0.480 e. The number of likely N-dealkylation sites (N-methyl/N-ethyl adjacent to an activating group) is 1. The van der Waals surface area contributed by atoms with Crippen molar-refractivity contribution in [2.24, 2.45) is 0 Å². The van der Waals surface area contributed by atoms with Crippen molar-refractivity contribution in [3.8, 4) is 0 Å². The Morgan fingerprint density at radius 3 is 2.63 bits per heavy atom. The topological polar surface area (TPSA) is 81.1 Å². The second-order valence-corrected chi connectivity index (χ2v) is 6.06. The molecular formula is C12H22N2O4S. The summed E-state index contributed by atoms with van der Waals surface area (Å²) in [6, 6.07) is -1.10. The Balaban J connectivity index is 2.82. The van der Waals surface area contributed by atoms with Crippen molar-refractivity contribution in [3.05, 3.63) is 0 Å². The van der Waals surface area contributed by atoms with Crippen LogP contribution in [0.3, 0.4) is 0 Å². The van der Waals surface area contributed by atoms with Gasteiger partial charge in [-0.1, -0.05) is 13.3 Å². The van der Waals surface area contributed by atoms with E-state index in [0.717, 1.165) is 12.8 Å². The molecule has 1 aliphatic rings. The van der Waals surface area contributed by atoms with Crippen molar-refractivity contribution in [1.29, 1.82) is 0 Å². The lowest BCUT2D eigenvalue weighted by molar-refractivity contribution is -0.141. The number of thioether (sulfide) groups is 1. The lowest BCUT2D eigenvalue weighted by Gasteiger charge is -2.32. The molecule has 19 heavy (non-hydrogen) atoms. The van der Waals surface area contributed by atoms with Gasteiger partial charge in [0, 0.05) is 19.3 Å². The molecular weight excluding hydrogens is 268 g/mol. The maximum atomic E-state index is 12.3. The normalized spacial score (nSPS) is 24.3. The maximum Gasteiger partial charge on any atom is 0.327 e. The highest BCUT2D eigenvalue weighted by Crippen LogP contribution is 2.33. The fourth-order valence-corrected chi connectivity index (χ4v) is 3.66. The summed E-state index contributed by atoms with van der Waals surface area (Å²) in [5.74, 6) is -0.543. The second-order valence-electron chi connectivity index (χ2n) is 4.85. The quantitative estimate of drug-likeness (QED) is 0.791. The molecule has 0 bridgehead atoms. The maximum absolute atomic E-state index is 12.3. The van der Waals surface area contributed by atoms with Gasteiger partial charge in [0.15, 0.2) is 0 Å². The SMILES string of the molecule is CCCC1SCC(C(=O)O)N1C(=O)N(C)CC(C)O. The first-order chi connectivity index (χ1) is 8.88. The molecule has 1 fully saturated rings. The Labute approximate surface area is 117 Å². The zero-order valence-electron chi connectivity index (χ0n) is 11.6. The van der Waals surface area contributed by atoms with Crippen LogP contribution in [0, 0.1) is 0 Å². The molecule has 0 aromatic carbocycles. The smallest absolute Gasteiger partial charge is 0.327 e. The molecule has 2 amide bonds. The Kier molecular flexibility index (Phi) is 5.93. The van der Waals surface area contributed by atoms with Crippen LogP contribution in [0.5, 0.6) is 0 Å². The number of carboxylic acids is 1. The monoisotopic (exact) mass is 290 g/mol. The number of carbonyl (C=O) groups is 2. The molecule has 0 aliphatic carbocycles. The van der Waals surface area contributed by atoms with E-state index < -0.39 is 18.1 Å². The van der Waals surface area contributed by atoms with Crippen LogP contribution in [0.1, 0.15) is 26.7 Å². The van der Waals surface area contributed by atoms with Crippen molar-refractivity contribution in [3.63, 3.8) is 0 Å². The molecule has 0 saturated carbocycles. The molecule has 0 aromatic rings. The van der Waals surface area contributed by atoms with Gasteiger partial charge in [-0.3, -0.25) is 4.90 Å². The van der Waals surface area contributed by atoms with Crippen molar-refractivity contribution in [2.75, 3.05) is 19.3 Å². The third-order valence-electron chi connectivity index (χ3n) is 3.00. The van der Waals surface area contributed by atoms with Crippen molar-refractivity contribution < 1.29 is 19.8 Å². The first-order valence-corrected chi connectivity index (χ1v) is 7.49. The van der Waals surface area contributed by atoms with Crippen LogP contribution in [-0.4, -0.2) is 68.9 Å². The molecule has 0 spiro atoms. The average molecular weight is 290 g/mol. The number of hydrogen-bond acceptors (Lipinski definition) is 4. The van der Waals surface area contributed by atoms with Crippen LogP contribution >= 0.6 is 11.8 Å². The standard InChI is InChI=1S/C12H22N2O4S/c1-4-5-10-14(9(7-19-10)11(16)17)12(18)13(3)6-8(2)15/h8-10,15H,4-7H2,1-3H3,(H,16,17). The molecule has 1 heterocycles. The summed E-state index contributed by atoms with van der Waals surface area (Å²) in [7, 11) is 1.58. The number of aliphatic hydroxyl groups is 1. The van der Waals surface area contributed by atoms with E-state index in [-0.39, 0.29) is 17.9 Å². The summed E-state index contributed by atoms with van der Waals surface area (Å²) in [6.45, 7) is 3.81. The van der Waals surface area contributed by atoms with Crippen molar-refractivity contribution in [2.45, 2.75) is 44.2 Å². The van der Waals surface area contributed by atoms with Gasteiger partial charge >= 0.3 is 12.0 Å². The van der Waals surface area contributed by atoms with Crippen LogP contribution in [0.2, 0.25) is 0 Å². The third-order valence-corrected chi connectivity index (χ3v) is 4.35. The molecule has 110 valence electrons. The van der Waals surface area contributed by atoms with E-state index in [0.29, 0.717) is 5.75 Å². The number of nitrogens with zero attached hydrogens (tertiary/aromatic N) is 2. The van der Waals surface area contributed by atoms with Gasteiger partial charge in [-0.2, -0.15) is 0 Å². The second kappa shape index (κ2) is 7.00. The van der Waals surface area contributed by atoms with Crippen LogP contribution in [0.15, 0.2) is 0 Å². The number of hydrogen-bond donors (Lipinski definition) is 2. The minimum atomic E-state index is -0.968. The van der Waals surface area contributed by atoms with Crippen LogP contribution < -0.4 is 0 Å². The van der Waals surface area contributed by atoms with Crippen molar-refractivity contribution in [1.82, 2.24) is 9.80 Å². The van der Waals surface area contributed by atoms with E-state index in [9.17, 15) is 19.8 Å². The molecule has 1 aliphatic heterocycles. The molecule has 0 aromatic heterocycles. The average Bonchev–Trinajstić information content (AvgIpc) is 2.71. The number of urea groups is 1. The summed E-state index contributed by atoms with van der Waals surface area (Å²) in [5, 5.41) is 18.4. The van der Waals surface area contributed by atoms with Gasteiger partial charge in [-0.15, -0.1) is 11.8 Å². The van der Waals surface area contributed by atoms with Crippen LogP contribution in [0.25, 0.3) is 0 Å². The molecule has 3 atom stereocenters. The fraction of sp³-hybridized carbons (Fsp3) is 0.833. The fourth-order valence-electron chi connectivity index (χ4n) is 2.15. The molecule has 6 nitrogen and oxygen atoms in total. The summed E-state index contributed by atoms with van der Waals surface area (Å²) >= 11 is 1.51. The van der Waals surface area contributed by atoms with Crippen molar-refractivity contribution >= 4 is 23.8 Å². The summed E-state index contributed by atoms with van der Waals surface area (Å²) in [5.41, 5.74) is 0. The van der Waals surface area contributed by atoms with Gasteiger partial charge in [0.05, 0.1) is 11.5 Å². The number of carbonyl (C=O) groups excluding carboxylic acids is 1. The van der Waals surface area contributed by atoms with E-state index >= 15 is 0 Å². The molecule has 0 radical (unpaired) electrons. The number of carboxylic acid groups (broad SMARTS) is 1. The van der Waals surface area contributed by atoms with Crippen LogP contribution in [0.4, 0.5) is 4.79 Å². The van der Waals surface area contributed by atoms with Gasteiger partial charge in [-0.05, 0) is 13.3 Å². The lowest BCUT2D eigenvalue weighted by atomic mass is 10.2. The van der Waals surface area contributed by atoms with E-state index in [4.69, 9.17) is 0 Å². The highest BCUT2D eigenvalue weighted by atomic mass is 32.2. The zero-order chi connectivity index (χ0) is 14.6. The van der Waals surface area contributed by atoms with Gasteiger partial charge < -0.3 is 15.1 Å². The molecule has 1 saturated heterocycles. The molecule has 7 heteroatoms. The Morgan fingerprint density at radius 1 is 1.53 bits per heavy atom. The first-order valence-electron chi connectivity index (χ1n) is 6.44. The van der Waals surface area contributed by atoms with Gasteiger partial charge in [0.25, 0.3) is 0 Å². The van der Waals surface area contributed by atoms with Gasteiger partial charge in [0.2, 0.25) is 0 Å². The predicted molar refractivity (Wildman–Crippen MR) is 74.1 cm³/mol. The summed E-state index contributed by atoms with van der Waals surface area (Å²) in [6.07, 6.45) is 1.05. The molecule has 2 N–H and O–H groups in total. The van der Waals surface area contributed by atoms with Crippen LogP contribution in [-0.2, 0) is 4.79 Å². The van der Waals surface area contributed by atoms with E-state index in [1.165, 1.54) is 21.6 Å². The predicted octanol–water partition coefficient (Wildman–Crippen LogP) is 1.05.